The first-order valence-corrected chi connectivity index (χ1v) is 9.61. The largest absolute Gasteiger partial charge is 0.351 e. The van der Waals surface area contributed by atoms with E-state index in [0.717, 1.165) is 11.1 Å². The van der Waals surface area contributed by atoms with E-state index in [-0.39, 0.29) is 10.8 Å². The van der Waals surface area contributed by atoms with Crippen molar-refractivity contribution in [2.45, 2.75) is 30.6 Å². The number of benzene rings is 2. The van der Waals surface area contributed by atoms with E-state index in [1.54, 1.807) is 12.1 Å². The third-order valence-corrected chi connectivity index (χ3v) is 5.45. The quantitative estimate of drug-likeness (QED) is 0.482. The Balaban J connectivity index is 1.64. The van der Waals surface area contributed by atoms with Crippen molar-refractivity contribution < 1.29 is 13.2 Å². The number of hydrogen-bond acceptors (Lipinski definition) is 6. The number of amides is 1. The molecule has 9 heteroatoms. The first-order chi connectivity index (χ1) is 12.5. The van der Waals surface area contributed by atoms with Crippen LogP contribution in [0, 0.1) is 6.92 Å². The summed E-state index contributed by atoms with van der Waals surface area (Å²) in [5.74, 6) is -0.331. The third-order valence-electron chi connectivity index (χ3n) is 3.99. The van der Waals surface area contributed by atoms with Crippen molar-refractivity contribution >= 4 is 15.9 Å². The minimum atomic E-state index is -3.77. The number of carbonyl (C=O) groups is 1. The van der Waals surface area contributed by atoms with Gasteiger partial charge < -0.3 is 5.32 Å². The normalized spacial score (nSPS) is 20.0. The number of carbonyl (C=O) groups excluding carboxylic acids is 1. The highest BCUT2D eigenvalue weighted by molar-refractivity contribution is 7.89. The molecule has 0 radical (unpaired) electrons. The van der Waals surface area contributed by atoms with Crippen LogP contribution in [0.15, 0.2) is 59.5 Å². The molecular weight excluding hydrogens is 354 g/mol. The van der Waals surface area contributed by atoms with Crippen LogP contribution in [0.25, 0.3) is 0 Å². The van der Waals surface area contributed by atoms with Crippen LogP contribution in [-0.4, -0.2) is 26.5 Å². The van der Waals surface area contributed by atoms with Crippen molar-refractivity contribution in [2.24, 2.45) is 0 Å². The summed E-state index contributed by atoms with van der Waals surface area (Å²) >= 11 is 0. The molecule has 1 aliphatic rings. The number of aryl methyl sites for hydroxylation is 1. The molecule has 26 heavy (non-hydrogen) atoms. The van der Waals surface area contributed by atoms with E-state index in [1.165, 1.54) is 12.1 Å². The molecule has 1 saturated heterocycles. The first kappa shape index (κ1) is 18.5. The number of nitrogens with one attached hydrogen (secondary N) is 5. The third kappa shape index (κ3) is 4.45. The van der Waals surface area contributed by atoms with Gasteiger partial charge in [0.1, 0.15) is 12.2 Å². The summed E-state index contributed by atoms with van der Waals surface area (Å²) in [6, 6.07) is 15.2. The Morgan fingerprint density at radius 2 is 1.73 bits per heavy atom. The predicted octanol–water partition coefficient (Wildman–Crippen LogP) is -0.103. The van der Waals surface area contributed by atoms with Crippen LogP contribution >= 0.6 is 0 Å². The predicted molar refractivity (Wildman–Crippen MR) is 96.8 cm³/mol. The fourth-order valence-electron chi connectivity index (χ4n) is 2.53. The van der Waals surface area contributed by atoms with Crippen molar-refractivity contribution in [3.8, 4) is 0 Å². The Hall–Kier alpha value is -2.30. The van der Waals surface area contributed by atoms with E-state index in [9.17, 15) is 13.2 Å². The van der Waals surface area contributed by atoms with Crippen molar-refractivity contribution in [3.05, 3.63) is 65.7 Å². The summed E-state index contributed by atoms with van der Waals surface area (Å²) in [5, 5.41) is 2.79. The molecular formula is C17H21N5O3S. The lowest BCUT2D eigenvalue weighted by molar-refractivity contribution is -0.123. The summed E-state index contributed by atoms with van der Waals surface area (Å²) < 4.78 is 27.5. The number of hydrogen-bond donors (Lipinski definition) is 5. The lowest BCUT2D eigenvalue weighted by Crippen LogP contribution is -2.54. The highest BCUT2D eigenvalue weighted by atomic mass is 32.2. The van der Waals surface area contributed by atoms with Gasteiger partial charge in [-0.15, -0.1) is 0 Å². The van der Waals surface area contributed by atoms with Gasteiger partial charge in [-0.2, -0.15) is 10.3 Å². The van der Waals surface area contributed by atoms with Gasteiger partial charge >= 0.3 is 0 Å². The maximum absolute atomic E-state index is 12.5. The summed E-state index contributed by atoms with van der Waals surface area (Å²) in [6.07, 6.45) is -0.836. The molecule has 0 bridgehead atoms. The molecule has 1 aliphatic heterocycles. The van der Waals surface area contributed by atoms with Crippen LogP contribution in [0.5, 0.6) is 0 Å². The fourth-order valence-corrected chi connectivity index (χ4v) is 3.69. The summed E-state index contributed by atoms with van der Waals surface area (Å²) in [4.78, 5) is 12.5. The highest BCUT2D eigenvalue weighted by Crippen LogP contribution is 2.11. The molecule has 3 rings (SSSR count). The van der Waals surface area contributed by atoms with Gasteiger partial charge in [-0.1, -0.05) is 48.0 Å². The second-order valence-electron chi connectivity index (χ2n) is 6.01. The molecule has 0 spiro atoms. The number of sulfonamides is 1. The van der Waals surface area contributed by atoms with Gasteiger partial charge in [-0.3, -0.25) is 4.79 Å². The molecule has 1 heterocycles. The van der Waals surface area contributed by atoms with Gasteiger partial charge in [0.2, 0.25) is 15.9 Å². The summed E-state index contributed by atoms with van der Waals surface area (Å²) in [7, 11) is -3.77. The Morgan fingerprint density at radius 3 is 2.42 bits per heavy atom. The monoisotopic (exact) mass is 375 g/mol. The standard InChI is InChI=1S/C17H21N5O3S/c1-12-7-9-14(10-8-12)26(24,25)21-16-15(19-22-20-16)17(23)18-11-13-5-3-2-4-6-13/h2-10,15-16,19-22H,11H2,1H3,(H,18,23). The van der Waals surface area contributed by atoms with Crippen molar-refractivity contribution in [1.29, 1.82) is 0 Å². The molecule has 8 nitrogen and oxygen atoms in total. The Morgan fingerprint density at radius 1 is 1.04 bits per heavy atom. The van der Waals surface area contributed by atoms with Crippen molar-refractivity contribution in [1.82, 2.24) is 26.4 Å². The van der Waals surface area contributed by atoms with E-state index < -0.39 is 22.2 Å². The van der Waals surface area contributed by atoms with Crippen molar-refractivity contribution in [3.63, 3.8) is 0 Å². The van der Waals surface area contributed by atoms with Gasteiger partial charge in [0.25, 0.3) is 0 Å². The average Bonchev–Trinajstić information content (AvgIpc) is 3.08. The smallest absolute Gasteiger partial charge is 0.242 e. The lowest BCUT2D eigenvalue weighted by atomic mass is 10.2. The molecule has 1 fully saturated rings. The van der Waals surface area contributed by atoms with Gasteiger partial charge in [-0.05, 0) is 24.6 Å². The molecule has 5 N–H and O–H groups in total. The van der Waals surface area contributed by atoms with Gasteiger partial charge in [-0.25, -0.2) is 19.3 Å². The van der Waals surface area contributed by atoms with E-state index in [0.29, 0.717) is 6.54 Å². The molecule has 138 valence electrons. The molecule has 2 aromatic rings. The zero-order chi connectivity index (χ0) is 18.6. The number of hydrazine groups is 2. The Kier molecular flexibility index (Phi) is 5.64. The molecule has 1 amide bonds. The lowest BCUT2D eigenvalue weighted by Gasteiger charge is -2.19. The van der Waals surface area contributed by atoms with Crippen LogP contribution in [-0.2, 0) is 21.4 Å². The Bertz CT molecular complexity index is 856. The molecule has 2 aromatic carbocycles. The molecule has 0 saturated carbocycles. The SMILES string of the molecule is Cc1ccc(S(=O)(=O)NC2NNNC2C(=O)NCc2ccccc2)cc1. The van der Waals surface area contributed by atoms with Crippen LogP contribution < -0.4 is 26.4 Å². The van der Waals surface area contributed by atoms with Crippen molar-refractivity contribution in [2.75, 3.05) is 0 Å². The zero-order valence-electron chi connectivity index (χ0n) is 14.2. The minimum Gasteiger partial charge on any atom is -0.351 e. The minimum absolute atomic E-state index is 0.139. The van der Waals surface area contributed by atoms with E-state index in [1.807, 2.05) is 37.3 Å². The summed E-state index contributed by atoms with van der Waals surface area (Å²) in [6.45, 7) is 2.23. The first-order valence-electron chi connectivity index (χ1n) is 8.12. The molecule has 0 aliphatic carbocycles. The molecule has 2 unspecified atom stereocenters. The number of rotatable bonds is 6. The Labute approximate surface area is 152 Å². The highest BCUT2D eigenvalue weighted by Gasteiger charge is 2.35. The van der Waals surface area contributed by atoms with E-state index >= 15 is 0 Å². The van der Waals surface area contributed by atoms with Gasteiger partial charge in [0.05, 0.1) is 4.90 Å². The van der Waals surface area contributed by atoms with E-state index in [2.05, 4.69) is 26.4 Å². The summed E-state index contributed by atoms with van der Waals surface area (Å²) in [5.41, 5.74) is 9.95. The maximum atomic E-state index is 12.5. The average molecular weight is 375 g/mol. The second-order valence-corrected chi connectivity index (χ2v) is 7.72. The van der Waals surface area contributed by atoms with Gasteiger partial charge in [0, 0.05) is 6.54 Å². The fraction of sp³-hybridized carbons (Fsp3) is 0.235. The van der Waals surface area contributed by atoms with Crippen LogP contribution in [0.4, 0.5) is 0 Å². The van der Waals surface area contributed by atoms with Crippen LogP contribution in [0.3, 0.4) is 0 Å². The van der Waals surface area contributed by atoms with Crippen LogP contribution in [0.1, 0.15) is 11.1 Å². The zero-order valence-corrected chi connectivity index (χ0v) is 15.0. The van der Waals surface area contributed by atoms with Gasteiger partial charge in [0.15, 0.2) is 0 Å². The second kappa shape index (κ2) is 7.94. The topological polar surface area (TPSA) is 111 Å². The molecule has 0 aromatic heterocycles. The van der Waals surface area contributed by atoms with Crippen LogP contribution in [0.2, 0.25) is 0 Å². The maximum Gasteiger partial charge on any atom is 0.242 e. The van der Waals surface area contributed by atoms with E-state index in [4.69, 9.17) is 0 Å². The molecule has 2 atom stereocenters.